The zero-order chi connectivity index (χ0) is 20.0. The van der Waals surface area contributed by atoms with Gasteiger partial charge in [0.1, 0.15) is 18.4 Å². The Labute approximate surface area is 169 Å². The van der Waals surface area contributed by atoms with Gasteiger partial charge in [-0.3, -0.25) is 10.2 Å². The van der Waals surface area contributed by atoms with E-state index in [0.29, 0.717) is 18.8 Å². The Morgan fingerprint density at radius 2 is 2.03 bits per heavy atom. The predicted molar refractivity (Wildman–Crippen MR) is 106 cm³/mol. The third-order valence-corrected chi connectivity index (χ3v) is 6.05. The molecule has 8 heteroatoms. The number of nitrogens with zero attached hydrogens (tertiary/aromatic N) is 2. The Morgan fingerprint density at radius 1 is 1.17 bits per heavy atom. The molecule has 0 spiro atoms. The minimum absolute atomic E-state index is 0.0561. The van der Waals surface area contributed by atoms with Crippen molar-refractivity contribution in [3.8, 4) is 17.2 Å². The first-order chi connectivity index (χ1) is 14.1. The molecule has 0 aliphatic carbocycles. The maximum absolute atomic E-state index is 13.1. The summed E-state index contributed by atoms with van der Waals surface area (Å²) in [7, 11) is 0. The van der Waals surface area contributed by atoms with Crippen molar-refractivity contribution in [3.05, 3.63) is 41.7 Å². The van der Waals surface area contributed by atoms with Gasteiger partial charge in [0, 0.05) is 30.5 Å². The van der Waals surface area contributed by atoms with Gasteiger partial charge in [-0.25, -0.2) is 5.43 Å². The van der Waals surface area contributed by atoms with Crippen LogP contribution in [0, 0.1) is 6.92 Å². The molecule has 154 valence electrons. The van der Waals surface area contributed by atoms with E-state index in [4.69, 9.17) is 14.2 Å². The lowest BCUT2D eigenvalue weighted by molar-refractivity contribution is -0.136. The summed E-state index contributed by atoms with van der Waals surface area (Å²) < 4.78 is 18.9. The van der Waals surface area contributed by atoms with Gasteiger partial charge in [0.2, 0.25) is 12.7 Å². The van der Waals surface area contributed by atoms with Crippen LogP contribution >= 0.6 is 0 Å². The molecule has 4 heterocycles. The van der Waals surface area contributed by atoms with Crippen LogP contribution in [-0.4, -0.2) is 47.4 Å². The van der Waals surface area contributed by atoms with Crippen molar-refractivity contribution in [1.29, 1.82) is 0 Å². The number of nitrogens with one attached hydrogen (secondary N) is 2. The standard InChI is InChI=1S/C21H26N4O4/c1-13-3-5-18-14(2)25(8-7-24(13)18)21(26)17-9-15(22-23-17)11-27-16-4-6-19-20(10-16)29-12-28-19/h3-6,10,14-15,17,22-23H,7-9,11-12H2,1-2H3. The highest BCUT2D eigenvalue weighted by atomic mass is 16.7. The number of aromatic nitrogens is 1. The number of benzene rings is 1. The van der Waals surface area contributed by atoms with Crippen molar-refractivity contribution < 1.29 is 19.0 Å². The van der Waals surface area contributed by atoms with Gasteiger partial charge in [0.05, 0.1) is 12.1 Å². The highest BCUT2D eigenvalue weighted by molar-refractivity contribution is 5.82. The molecule has 2 N–H and O–H groups in total. The lowest BCUT2D eigenvalue weighted by Crippen LogP contribution is -2.49. The Morgan fingerprint density at radius 3 is 2.93 bits per heavy atom. The predicted octanol–water partition coefficient (Wildman–Crippen LogP) is 1.74. The molecule has 0 saturated carbocycles. The number of hydrogen-bond donors (Lipinski definition) is 2. The number of fused-ring (bicyclic) bond motifs is 2. The van der Waals surface area contributed by atoms with Crippen LogP contribution in [0.4, 0.5) is 0 Å². The molecule has 3 aliphatic heterocycles. The Kier molecular flexibility index (Phi) is 4.60. The lowest BCUT2D eigenvalue weighted by atomic mass is 10.1. The molecule has 1 saturated heterocycles. The summed E-state index contributed by atoms with van der Waals surface area (Å²) in [5.41, 5.74) is 8.82. The van der Waals surface area contributed by atoms with Crippen LogP contribution in [0.2, 0.25) is 0 Å². The molecule has 3 aliphatic rings. The van der Waals surface area contributed by atoms with Crippen LogP contribution in [-0.2, 0) is 11.3 Å². The second kappa shape index (κ2) is 7.27. The molecule has 3 atom stereocenters. The summed E-state index contributed by atoms with van der Waals surface area (Å²) >= 11 is 0. The summed E-state index contributed by atoms with van der Waals surface area (Å²) in [6.45, 7) is 6.51. The number of aryl methyl sites for hydroxylation is 1. The van der Waals surface area contributed by atoms with Crippen molar-refractivity contribution in [2.24, 2.45) is 0 Å². The molecule has 1 amide bonds. The number of hydrazine groups is 1. The minimum atomic E-state index is -0.245. The van der Waals surface area contributed by atoms with E-state index in [1.54, 1.807) is 0 Å². The fourth-order valence-corrected chi connectivity index (χ4v) is 4.38. The van der Waals surface area contributed by atoms with E-state index in [9.17, 15) is 4.79 Å². The summed E-state index contributed by atoms with van der Waals surface area (Å²) in [6.07, 6.45) is 0.687. The maximum atomic E-state index is 13.1. The number of hydrogen-bond acceptors (Lipinski definition) is 6. The van der Waals surface area contributed by atoms with Crippen molar-refractivity contribution in [3.63, 3.8) is 0 Å². The average molecular weight is 398 g/mol. The van der Waals surface area contributed by atoms with E-state index in [1.807, 2.05) is 23.1 Å². The summed E-state index contributed by atoms with van der Waals surface area (Å²) in [5.74, 6) is 2.31. The molecule has 0 radical (unpaired) electrons. The smallest absolute Gasteiger partial charge is 0.241 e. The fraction of sp³-hybridized carbons (Fsp3) is 0.476. The van der Waals surface area contributed by atoms with Crippen LogP contribution in [0.15, 0.2) is 30.3 Å². The summed E-state index contributed by atoms with van der Waals surface area (Å²) in [5, 5.41) is 0. The molecule has 1 fully saturated rings. The second-order valence-electron chi connectivity index (χ2n) is 7.86. The van der Waals surface area contributed by atoms with Gasteiger partial charge in [0.15, 0.2) is 11.5 Å². The van der Waals surface area contributed by atoms with E-state index < -0.39 is 0 Å². The molecule has 8 nitrogen and oxygen atoms in total. The second-order valence-corrected chi connectivity index (χ2v) is 7.86. The monoisotopic (exact) mass is 398 g/mol. The van der Waals surface area contributed by atoms with E-state index in [2.05, 4.69) is 41.4 Å². The third-order valence-electron chi connectivity index (χ3n) is 6.05. The quantitative estimate of drug-likeness (QED) is 0.817. The van der Waals surface area contributed by atoms with Gasteiger partial charge in [-0.1, -0.05) is 0 Å². The van der Waals surface area contributed by atoms with Crippen LogP contribution in [0.1, 0.15) is 30.8 Å². The zero-order valence-corrected chi connectivity index (χ0v) is 16.7. The highest BCUT2D eigenvalue weighted by Gasteiger charge is 2.36. The molecule has 1 aromatic heterocycles. The minimum Gasteiger partial charge on any atom is -0.492 e. The molecule has 3 unspecified atom stereocenters. The molecule has 29 heavy (non-hydrogen) atoms. The zero-order valence-electron chi connectivity index (χ0n) is 16.7. The normalized spacial score (nSPS) is 25.2. The third kappa shape index (κ3) is 3.32. The molecule has 0 bridgehead atoms. The van der Waals surface area contributed by atoms with E-state index >= 15 is 0 Å². The van der Waals surface area contributed by atoms with Gasteiger partial charge in [0.25, 0.3) is 0 Å². The number of rotatable bonds is 4. The van der Waals surface area contributed by atoms with Gasteiger partial charge >= 0.3 is 0 Å². The molecular weight excluding hydrogens is 372 g/mol. The first-order valence-corrected chi connectivity index (χ1v) is 10.1. The Balaban J connectivity index is 1.17. The molecule has 5 rings (SSSR count). The van der Waals surface area contributed by atoms with Crippen LogP contribution in [0.25, 0.3) is 0 Å². The summed E-state index contributed by atoms with van der Waals surface area (Å²) in [6, 6.07) is 9.69. The van der Waals surface area contributed by atoms with Crippen molar-refractivity contribution >= 4 is 5.91 Å². The first-order valence-electron chi connectivity index (χ1n) is 10.1. The molecule has 2 aromatic rings. The van der Waals surface area contributed by atoms with Gasteiger partial charge < -0.3 is 23.7 Å². The molecular formula is C21H26N4O4. The van der Waals surface area contributed by atoms with E-state index in [0.717, 1.165) is 24.6 Å². The van der Waals surface area contributed by atoms with Gasteiger partial charge in [-0.15, -0.1) is 0 Å². The number of carbonyl (C=O) groups excluding carboxylic acids is 1. The maximum Gasteiger partial charge on any atom is 0.241 e. The van der Waals surface area contributed by atoms with Crippen LogP contribution < -0.4 is 25.1 Å². The lowest BCUT2D eigenvalue weighted by Gasteiger charge is -2.36. The van der Waals surface area contributed by atoms with E-state index in [-0.39, 0.29) is 30.8 Å². The number of ether oxygens (including phenoxy) is 3. The Hall–Kier alpha value is -2.71. The largest absolute Gasteiger partial charge is 0.492 e. The number of amides is 1. The summed E-state index contributed by atoms with van der Waals surface area (Å²) in [4.78, 5) is 15.1. The topological polar surface area (TPSA) is 77.0 Å². The SMILES string of the molecule is Cc1ccc2n1CCN(C(=O)C1CC(COc3ccc4c(c3)OCO4)NN1)C2C. The van der Waals surface area contributed by atoms with Gasteiger partial charge in [-0.2, -0.15) is 0 Å². The van der Waals surface area contributed by atoms with Gasteiger partial charge in [-0.05, 0) is 44.5 Å². The van der Waals surface area contributed by atoms with Crippen molar-refractivity contribution in [2.45, 2.75) is 44.9 Å². The van der Waals surface area contributed by atoms with Crippen molar-refractivity contribution in [1.82, 2.24) is 20.3 Å². The van der Waals surface area contributed by atoms with E-state index in [1.165, 1.54) is 11.4 Å². The first kappa shape index (κ1) is 18.3. The van der Waals surface area contributed by atoms with Crippen LogP contribution in [0.5, 0.6) is 17.2 Å². The average Bonchev–Trinajstić information content (AvgIpc) is 3.46. The fourth-order valence-electron chi connectivity index (χ4n) is 4.38. The molecule has 1 aromatic carbocycles. The van der Waals surface area contributed by atoms with Crippen LogP contribution in [0.3, 0.4) is 0 Å². The highest BCUT2D eigenvalue weighted by Crippen LogP contribution is 2.35. The number of carbonyl (C=O) groups is 1. The van der Waals surface area contributed by atoms with Crippen molar-refractivity contribution in [2.75, 3.05) is 19.9 Å². The Bertz CT molecular complexity index is 927.